The molecule has 0 radical (unpaired) electrons. The van der Waals surface area contributed by atoms with Crippen LogP contribution in [0.1, 0.15) is 88.5 Å². The number of benzene rings is 3. The van der Waals surface area contributed by atoms with Gasteiger partial charge in [0.15, 0.2) is 5.78 Å². The first-order valence-corrected chi connectivity index (χ1v) is 23.9. The Labute approximate surface area is 406 Å². The standard InChI is InChI=1S/C51H62ClN5O10S/c1-29-43(68-28-54-29)31-12-9-30(10-13-31)11-20-39(59)38-21-34(58)24-57(38)46(64)44(49(2,3)4)55-42(62)27-65-25-40(60)41(61)26-66-35-17-14-32(15-18-35)45(63)56-47-50(5,6)48(51(47,7)8)67-36-19-16-33(23-53)37(52)22-36/h9-10,12-19,22,28,34,38,40-41,44,47-48,58,60-61H,11,20-21,24-27H2,1-8H3,(H,55,62)(H,56,63)/t34-,38+,40-,41-,44-,47?,48?/m1/s1. The molecule has 3 aromatic carbocycles. The number of aliphatic hydroxyl groups excluding tert-OH is 3. The van der Waals surface area contributed by atoms with Crippen LogP contribution in [-0.4, -0.2) is 118 Å². The summed E-state index contributed by atoms with van der Waals surface area (Å²) in [4.78, 5) is 60.8. The Morgan fingerprint density at radius 1 is 0.971 bits per heavy atom. The highest BCUT2D eigenvalue weighted by Crippen LogP contribution is 2.55. The number of thiazole rings is 1. The van der Waals surface area contributed by atoms with Crippen LogP contribution in [0, 0.1) is 34.5 Å². The van der Waals surface area contributed by atoms with E-state index in [9.17, 15) is 39.8 Å². The van der Waals surface area contributed by atoms with Gasteiger partial charge in [0.1, 0.15) is 55.1 Å². The van der Waals surface area contributed by atoms with Crippen molar-refractivity contribution in [3.63, 3.8) is 0 Å². The molecule has 0 bridgehead atoms. The summed E-state index contributed by atoms with van der Waals surface area (Å²) in [5.74, 6) is -0.739. The minimum atomic E-state index is -1.43. The third-order valence-electron chi connectivity index (χ3n) is 12.9. The van der Waals surface area contributed by atoms with Gasteiger partial charge in [-0.15, -0.1) is 11.3 Å². The van der Waals surface area contributed by atoms with Crippen LogP contribution in [0.15, 0.2) is 72.2 Å². The van der Waals surface area contributed by atoms with E-state index in [1.807, 2.05) is 65.0 Å². The fourth-order valence-electron chi connectivity index (χ4n) is 9.40. The normalized spacial score (nSPS) is 20.8. The second-order valence-electron chi connectivity index (χ2n) is 20.0. The first kappa shape index (κ1) is 52.0. The summed E-state index contributed by atoms with van der Waals surface area (Å²) in [6.07, 6.45) is -3.25. The van der Waals surface area contributed by atoms with Crippen LogP contribution in [-0.2, 0) is 25.5 Å². The Balaban J connectivity index is 0.930. The number of β-amino-alcohol motifs (C(OH)–C–C–N with tert-alkyl or cyclic N) is 1. The molecule has 15 nitrogen and oxygen atoms in total. The molecule has 1 aliphatic heterocycles. The summed E-state index contributed by atoms with van der Waals surface area (Å²) < 4.78 is 17.4. The number of aryl methyl sites for hydroxylation is 2. The number of amides is 3. The van der Waals surface area contributed by atoms with Gasteiger partial charge in [0, 0.05) is 47.9 Å². The van der Waals surface area contributed by atoms with Gasteiger partial charge in [0.2, 0.25) is 11.8 Å². The predicted octanol–water partition coefficient (Wildman–Crippen LogP) is 6.07. The van der Waals surface area contributed by atoms with E-state index in [2.05, 4.69) is 15.6 Å². The number of hydrogen-bond donors (Lipinski definition) is 5. The van der Waals surface area contributed by atoms with Crippen LogP contribution in [0.25, 0.3) is 10.4 Å². The monoisotopic (exact) mass is 971 g/mol. The number of hydrogen-bond acceptors (Lipinski definition) is 13. The van der Waals surface area contributed by atoms with Gasteiger partial charge in [-0.05, 0) is 66.3 Å². The van der Waals surface area contributed by atoms with Crippen molar-refractivity contribution in [2.75, 3.05) is 26.4 Å². The molecule has 0 unspecified atom stereocenters. The number of nitrogens with zero attached hydrogens (tertiary/aromatic N) is 3. The Bertz CT molecular complexity index is 2470. The molecule has 1 saturated carbocycles. The maximum atomic E-state index is 14.0. The van der Waals surface area contributed by atoms with Crippen LogP contribution >= 0.6 is 22.9 Å². The highest BCUT2D eigenvalue weighted by atomic mass is 35.5. The van der Waals surface area contributed by atoms with E-state index >= 15 is 0 Å². The van der Waals surface area contributed by atoms with Crippen LogP contribution in [0.2, 0.25) is 5.02 Å². The largest absolute Gasteiger partial charge is 0.491 e. The summed E-state index contributed by atoms with van der Waals surface area (Å²) in [6, 6.07) is 19.1. The molecular formula is C51H62ClN5O10S. The van der Waals surface area contributed by atoms with Crippen molar-refractivity contribution >= 4 is 46.4 Å². The minimum absolute atomic E-state index is 0.0444. The number of nitrogens with one attached hydrogen (secondary N) is 2. The van der Waals surface area contributed by atoms with Crippen molar-refractivity contribution in [2.45, 2.75) is 117 Å². The van der Waals surface area contributed by atoms with Crippen molar-refractivity contribution in [3.05, 3.63) is 99.6 Å². The van der Waals surface area contributed by atoms with Crippen LogP contribution in [0.4, 0.5) is 0 Å². The Hall–Kier alpha value is -5.41. The van der Waals surface area contributed by atoms with Crippen LogP contribution in [0.3, 0.4) is 0 Å². The van der Waals surface area contributed by atoms with Gasteiger partial charge in [0.25, 0.3) is 5.91 Å². The molecule has 1 saturated heterocycles. The Morgan fingerprint density at radius 3 is 2.22 bits per heavy atom. The summed E-state index contributed by atoms with van der Waals surface area (Å²) in [7, 11) is 0. The number of ketones is 1. The molecule has 1 aromatic heterocycles. The lowest BCUT2D eigenvalue weighted by atomic mass is 9.49. The number of aliphatic hydroxyl groups is 3. The van der Waals surface area contributed by atoms with Gasteiger partial charge in [-0.2, -0.15) is 5.26 Å². The summed E-state index contributed by atoms with van der Waals surface area (Å²) >= 11 is 7.79. The fourth-order valence-corrected chi connectivity index (χ4v) is 10.4. The van der Waals surface area contributed by atoms with E-state index in [0.717, 1.165) is 21.7 Å². The lowest BCUT2D eigenvalue weighted by Crippen LogP contribution is -2.74. The first-order chi connectivity index (χ1) is 32.0. The van der Waals surface area contributed by atoms with E-state index in [-0.39, 0.29) is 49.8 Å². The highest BCUT2D eigenvalue weighted by Gasteiger charge is 2.64. The highest BCUT2D eigenvalue weighted by molar-refractivity contribution is 7.13. The van der Waals surface area contributed by atoms with Gasteiger partial charge in [-0.3, -0.25) is 19.2 Å². The number of carbonyl (C=O) groups is 4. The molecule has 2 aliphatic rings. The van der Waals surface area contributed by atoms with Gasteiger partial charge >= 0.3 is 0 Å². The van der Waals surface area contributed by atoms with Gasteiger partial charge < -0.3 is 45.1 Å². The van der Waals surface area contributed by atoms with Gasteiger partial charge in [0.05, 0.1) is 45.4 Å². The van der Waals surface area contributed by atoms with Crippen LogP contribution < -0.4 is 20.1 Å². The second-order valence-corrected chi connectivity index (χ2v) is 21.2. The summed E-state index contributed by atoms with van der Waals surface area (Å²) in [5, 5.41) is 47.2. The number of halogens is 1. The second kappa shape index (κ2) is 21.5. The zero-order valence-electron chi connectivity index (χ0n) is 39.7. The maximum absolute atomic E-state index is 14.0. The third-order valence-corrected chi connectivity index (χ3v) is 14.2. The lowest BCUT2D eigenvalue weighted by molar-refractivity contribution is -0.164. The minimum Gasteiger partial charge on any atom is -0.491 e. The first-order valence-electron chi connectivity index (χ1n) is 22.6. The molecular weight excluding hydrogens is 910 g/mol. The van der Waals surface area contributed by atoms with Crippen molar-refractivity contribution < 1.29 is 48.7 Å². The predicted molar refractivity (Wildman–Crippen MR) is 257 cm³/mol. The molecule has 5 N–H and O–H groups in total. The number of rotatable bonds is 19. The Kier molecular flexibility index (Phi) is 16.4. The molecule has 2 heterocycles. The smallest absolute Gasteiger partial charge is 0.251 e. The molecule has 6 rings (SSSR count). The van der Waals surface area contributed by atoms with Crippen LogP contribution in [0.5, 0.6) is 11.5 Å². The summed E-state index contributed by atoms with van der Waals surface area (Å²) in [6.45, 7) is 14.0. The van der Waals surface area contributed by atoms with Gasteiger partial charge in [-0.25, -0.2) is 4.98 Å². The SMILES string of the molecule is Cc1ncsc1-c1ccc(CCC(=O)[C@@H]2C[C@@H](O)CN2C(=O)[C@@H](NC(=O)COC[C@@H](O)[C@H](O)COc2ccc(C(=O)NC3C(C)(C)C(Oc4ccc(C#N)c(Cl)c4)C3(C)C)cc2)C(C)(C)C)cc1. The molecule has 5 atom stereocenters. The fraction of sp³-hybridized carbons (Fsp3) is 0.490. The van der Waals surface area contributed by atoms with E-state index in [0.29, 0.717) is 34.1 Å². The molecule has 2 fully saturated rings. The molecule has 1 aliphatic carbocycles. The quantitative estimate of drug-likeness (QED) is 0.0724. The van der Waals surface area contributed by atoms with Gasteiger partial charge in [-0.1, -0.05) is 84.3 Å². The van der Waals surface area contributed by atoms with E-state index in [1.54, 1.807) is 80.1 Å². The number of nitriles is 1. The molecule has 17 heteroatoms. The number of likely N-dealkylation sites (tertiary alicyclic amines) is 1. The number of carbonyl (C=O) groups excluding carboxylic acids is 4. The maximum Gasteiger partial charge on any atom is 0.251 e. The van der Waals surface area contributed by atoms with Crippen molar-refractivity contribution in [1.29, 1.82) is 5.26 Å². The average molecular weight is 973 g/mol. The average Bonchev–Trinajstić information content (AvgIpc) is 3.91. The zero-order valence-corrected chi connectivity index (χ0v) is 41.3. The molecule has 0 spiro atoms. The molecule has 68 heavy (non-hydrogen) atoms. The molecule has 3 amide bonds. The topological polar surface area (TPSA) is 221 Å². The zero-order chi connectivity index (χ0) is 49.7. The number of Topliss-reactive ketones (excluding diaryl/α,β-unsaturated/α-hetero) is 1. The molecule has 364 valence electrons. The van der Waals surface area contributed by atoms with E-state index < -0.39 is 71.7 Å². The lowest BCUT2D eigenvalue weighted by Gasteiger charge is -2.63. The Morgan fingerprint density at radius 2 is 1.62 bits per heavy atom. The van der Waals surface area contributed by atoms with Crippen molar-refractivity contribution in [2.24, 2.45) is 16.2 Å². The van der Waals surface area contributed by atoms with E-state index in [1.165, 1.54) is 4.90 Å². The van der Waals surface area contributed by atoms with Crippen molar-refractivity contribution in [3.8, 4) is 28.0 Å². The third kappa shape index (κ3) is 12.1. The summed E-state index contributed by atoms with van der Waals surface area (Å²) in [5.41, 5.74) is 3.83. The number of aromatic nitrogens is 1. The number of ether oxygens (including phenoxy) is 3. The molecule has 4 aromatic rings. The van der Waals surface area contributed by atoms with E-state index in [4.69, 9.17) is 25.8 Å². The van der Waals surface area contributed by atoms with Crippen molar-refractivity contribution in [1.82, 2.24) is 20.5 Å².